The minimum absolute atomic E-state index is 0. The average molecular weight is 490 g/mol. The van der Waals surface area contributed by atoms with E-state index in [0.29, 0.717) is 6.54 Å². The van der Waals surface area contributed by atoms with Gasteiger partial charge in [0.25, 0.3) is 5.69 Å². The van der Waals surface area contributed by atoms with Crippen molar-refractivity contribution in [2.75, 3.05) is 26.2 Å². The maximum Gasteiger partial charge on any atom is 0.269 e. The van der Waals surface area contributed by atoms with Gasteiger partial charge in [0.15, 0.2) is 5.96 Å². The molecule has 0 aliphatic carbocycles. The molecule has 1 fully saturated rings. The first-order valence-electron chi connectivity index (χ1n) is 9.42. The van der Waals surface area contributed by atoms with E-state index in [9.17, 15) is 10.1 Å². The second-order valence-corrected chi connectivity index (χ2v) is 6.90. The van der Waals surface area contributed by atoms with Crippen LogP contribution in [0.3, 0.4) is 0 Å². The molecule has 27 heavy (non-hydrogen) atoms. The summed E-state index contributed by atoms with van der Waals surface area (Å²) in [5, 5.41) is 17.3. The number of nitrogens with zero attached hydrogens (tertiary/aromatic N) is 2. The van der Waals surface area contributed by atoms with Gasteiger partial charge in [-0.15, -0.1) is 24.0 Å². The normalized spacial score (nSPS) is 19.4. The van der Waals surface area contributed by atoms with Crippen LogP contribution in [-0.2, 0) is 11.2 Å². The summed E-state index contributed by atoms with van der Waals surface area (Å²) < 4.78 is 5.78. The summed E-state index contributed by atoms with van der Waals surface area (Å²) in [7, 11) is 0. The fraction of sp³-hybridized carbons (Fsp3) is 0.632. The average Bonchev–Trinajstić information content (AvgIpc) is 3.06. The van der Waals surface area contributed by atoms with Crippen molar-refractivity contribution in [2.24, 2.45) is 4.99 Å². The van der Waals surface area contributed by atoms with Gasteiger partial charge < -0.3 is 15.4 Å². The van der Waals surface area contributed by atoms with Crippen molar-refractivity contribution in [2.45, 2.75) is 51.6 Å². The molecule has 1 aliphatic heterocycles. The smallest absolute Gasteiger partial charge is 0.269 e. The number of hydrogen-bond donors (Lipinski definition) is 2. The highest BCUT2D eigenvalue weighted by molar-refractivity contribution is 14.0. The first kappa shape index (κ1) is 23.6. The Hall–Kier alpha value is -1.42. The number of ether oxygens (including phenoxy) is 1. The molecule has 0 amide bonds. The lowest BCUT2D eigenvalue weighted by Crippen LogP contribution is -2.39. The highest BCUT2D eigenvalue weighted by Gasteiger charge is 2.29. The van der Waals surface area contributed by atoms with Crippen LogP contribution in [0.4, 0.5) is 5.69 Å². The molecule has 1 saturated heterocycles. The van der Waals surface area contributed by atoms with Gasteiger partial charge in [-0.3, -0.25) is 15.1 Å². The highest BCUT2D eigenvalue weighted by Crippen LogP contribution is 2.25. The Morgan fingerprint density at radius 1 is 1.30 bits per heavy atom. The van der Waals surface area contributed by atoms with Crippen LogP contribution in [0.15, 0.2) is 29.3 Å². The van der Waals surface area contributed by atoms with E-state index in [1.807, 2.05) is 12.1 Å². The van der Waals surface area contributed by atoms with Crippen LogP contribution in [0.2, 0.25) is 0 Å². The van der Waals surface area contributed by atoms with Gasteiger partial charge in [0.2, 0.25) is 0 Å². The van der Waals surface area contributed by atoms with E-state index < -0.39 is 0 Å². The van der Waals surface area contributed by atoms with Crippen molar-refractivity contribution in [3.8, 4) is 0 Å². The molecule has 1 atom stereocenters. The molecule has 8 heteroatoms. The summed E-state index contributed by atoms with van der Waals surface area (Å²) in [6, 6.07) is 6.79. The lowest BCUT2D eigenvalue weighted by Gasteiger charge is -2.21. The summed E-state index contributed by atoms with van der Waals surface area (Å²) in [5.74, 6) is 0.833. The molecular formula is C19H31IN4O3. The predicted molar refractivity (Wildman–Crippen MR) is 119 cm³/mol. The van der Waals surface area contributed by atoms with Crippen molar-refractivity contribution in [3.05, 3.63) is 39.9 Å². The zero-order valence-electron chi connectivity index (χ0n) is 16.2. The quantitative estimate of drug-likeness (QED) is 0.138. The Labute approximate surface area is 178 Å². The number of unbranched alkanes of at least 4 members (excludes halogenated alkanes) is 1. The molecule has 0 saturated carbocycles. The predicted octanol–water partition coefficient (Wildman–Crippen LogP) is 3.66. The molecule has 1 heterocycles. The van der Waals surface area contributed by atoms with Gasteiger partial charge in [-0.05, 0) is 51.5 Å². The number of benzene rings is 1. The zero-order chi connectivity index (χ0) is 18.8. The van der Waals surface area contributed by atoms with Crippen molar-refractivity contribution in [3.63, 3.8) is 0 Å². The molecule has 0 bridgehead atoms. The molecule has 7 nitrogen and oxygen atoms in total. The number of rotatable bonds is 9. The molecule has 1 aromatic rings. The van der Waals surface area contributed by atoms with Gasteiger partial charge in [-0.1, -0.05) is 12.1 Å². The summed E-state index contributed by atoms with van der Waals surface area (Å²) in [6.07, 6.45) is 5.11. The number of aryl methyl sites for hydroxylation is 1. The number of hydrogen-bond acceptors (Lipinski definition) is 4. The number of nitrogens with one attached hydrogen (secondary N) is 2. The fourth-order valence-corrected chi connectivity index (χ4v) is 2.99. The van der Waals surface area contributed by atoms with Gasteiger partial charge in [0, 0.05) is 31.8 Å². The van der Waals surface area contributed by atoms with Crippen LogP contribution in [0.25, 0.3) is 0 Å². The number of aliphatic imine (C=N–C) groups is 1. The van der Waals surface area contributed by atoms with E-state index in [4.69, 9.17) is 4.74 Å². The zero-order valence-corrected chi connectivity index (χ0v) is 18.5. The number of nitro benzene ring substituents is 1. The Bertz CT molecular complexity index is 601. The van der Waals surface area contributed by atoms with Crippen LogP contribution in [-0.4, -0.2) is 42.7 Å². The van der Waals surface area contributed by atoms with Crippen LogP contribution in [0.5, 0.6) is 0 Å². The molecule has 0 radical (unpaired) electrons. The molecular weight excluding hydrogens is 459 g/mol. The molecule has 1 unspecified atom stereocenters. The van der Waals surface area contributed by atoms with Crippen LogP contribution < -0.4 is 10.6 Å². The Balaban J connectivity index is 0.00000364. The van der Waals surface area contributed by atoms with Gasteiger partial charge in [0.05, 0.1) is 17.1 Å². The SMILES string of the molecule is CCNC(=NCC1(C)CCCO1)NCCCCc1ccc([N+](=O)[O-])cc1.I. The molecule has 2 N–H and O–H groups in total. The largest absolute Gasteiger partial charge is 0.373 e. The summed E-state index contributed by atoms with van der Waals surface area (Å²) in [4.78, 5) is 14.9. The minimum Gasteiger partial charge on any atom is -0.373 e. The number of non-ortho nitro benzene ring substituents is 1. The summed E-state index contributed by atoms with van der Waals surface area (Å²) in [6.45, 7) is 7.35. The van der Waals surface area contributed by atoms with E-state index in [1.165, 1.54) is 0 Å². The molecule has 0 spiro atoms. The third kappa shape index (κ3) is 8.42. The van der Waals surface area contributed by atoms with Gasteiger partial charge in [-0.2, -0.15) is 0 Å². The summed E-state index contributed by atoms with van der Waals surface area (Å²) >= 11 is 0. The first-order chi connectivity index (χ1) is 12.5. The minimum atomic E-state index is -0.369. The third-order valence-corrected chi connectivity index (χ3v) is 4.55. The fourth-order valence-electron chi connectivity index (χ4n) is 2.99. The topological polar surface area (TPSA) is 88.8 Å². The number of guanidine groups is 1. The van der Waals surface area contributed by atoms with E-state index in [0.717, 1.165) is 63.3 Å². The standard InChI is InChI=1S/C19H30N4O3.HI/c1-3-20-18(22-15-19(2)12-6-14-26-19)21-13-5-4-7-16-8-10-17(11-9-16)23(24)25;/h8-11H,3-7,12-15H2,1-2H3,(H2,20,21,22);1H. The number of nitro groups is 1. The molecule has 1 aliphatic rings. The van der Waals surface area contributed by atoms with E-state index in [-0.39, 0.29) is 40.2 Å². The maximum atomic E-state index is 10.7. The van der Waals surface area contributed by atoms with Crippen LogP contribution in [0.1, 0.15) is 45.1 Å². The molecule has 152 valence electrons. The lowest BCUT2D eigenvalue weighted by atomic mass is 10.0. The number of halogens is 1. The third-order valence-electron chi connectivity index (χ3n) is 4.55. The Morgan fingerprint density at radius 2 is 2.04 bits per heavy atom. The first-order valence-corrected chi connectivity index (χ1v) is 9.42. The van der Waals surface area contributed by atoms with Gasteiger partial charge >= 0.3 is 0 Å². The Morgan fingerprint density at radius 3 is 2.63 bits per heavy atom. The molecule has 0 aromatic heterocycles. The lowest BCUT2D eigenvalue weighted by molar-refractivity contribution is -0.384. The van der Waals surface area contributed by atoms with Gasteiger partial charge in [0.1, 0.15) is 0 Å². The van der Waals surface area contributed by atoms with Crippen molar-refractivity contribution in [1.29, 1.82) is 0 Å². The van der Waals surface area contributed by atoms with E-state index in [2.05, 4.69) is 29.5 Å². The van der Waals surface area contributed by atoms with Crippen molar-refractivity contribution >= 4 is 35.6 Å². The summed E-state index contributed by atoms with van der Waals surface area (Å²) in [5.41, 5.74) is 1.14. The van der Waals surface area contributed by atoms with Crippen LogP contribution >= 0.6 is 24.0 Å². The second-order valence-electron chi connectivity index (χ2n) is 6.90. The molecule has 1 aromatic carbocycles. The van der Waals surface area contributed by atoms with Crippen molar-refractivity contribution in [1.82, 2.24) is 10.6 Å². The van der Waals surface area contributed by atoms with E-state index in [1.54, 1.807) is 12.1 Å². The van der Waals surface area contributed by atoms with Gasteiger partial charge in [-0.25, -0.2) is 0 Å². The second kappa shape index (κ2) is 12.1. The highest BCUT2D eigenvalue weighted by atomic mass is 127. The molecule has 2 rings (SSSR count). The Kier molecular flexibility index (Phi) is 10.6. The van der Waals surface area contributed by atoms with Crippen molar-refractivity contribution < 1.29 is 9.66 Å². The van der Waals surface area contributed by atoms with E-state index >= 15 is 0 Å². The monoisotopic (exact) mass is 490 g/mol. The van der Waals surface area contributed by atoms with Crippen LogP contribution in [0, 0.1) is 10.1 Å². The maximum absolute atomic E-state index is 10.7.